The summed E-state index contributed by atoms with van der Waals surface area (Å²) in [5, 5.41) is 3.46. The van der Waals surface area contributed by atoms with Gasteiger partial charge in [0, 0.05) is 19.3 Å². The highest BCUT2D eigenvalue weighted by atomic mass is 16.6. The van der Waals surface area contributed by atoms with Crippen molar-refractivity contribution in [3.63, 3.8) is 0 Å². The molecule has 0 amide bonds. The van der Waals surface area contributed by atoms with Crippen molar-refractivity contribution in [2.24, 2.45) is 0 Å². The van der Waals surface area contributed by atoms with Gasteiger partial charge < -0.3 is 19.5 Å². The molecule has 1 heterocycles. The van der Waals surface area contributed by atoms with Crippen molar-refractivity contribution in [2.45, 2.75) is 63.9 Å². The Balaban J connectivity index is 1.69. The maximum absolute atomic E-state index is 5.96. The first-order chi connectivity index (χ1) is 8.85. The van der Waals surface area contributed by atoms with Crippen molar-refractivity contribution >= 4 is 0 Å². The minimum atomic E-state index is 0.228. The van der Waals surface area contributed by atoms with Crippen LogP contribution in [0.25, 0.3) is 0 Å². The van der Waals surface area contributed by atoms with E-state index in [0.717, 1.165) is 45.6 Å². The monoisotopic (exact) mass is 257 g/mol. The van der Waals surface area contributed by atoms with Crippen molar-refractivity contribution in [3.05, 3.63) is 0 Å². The zero-order valence-corrected chi connectivity index (χ0v) is 11.7. The lowest BCUT2D eigenvalue weighted by Gasteiger charge is -2.44. The second-order valence-electron chi connectivity index (χ2n) is 5.24. The summed E-state index contributed by atoms with van der Waals surface area (Å²) < 4.78 is 17.4. The average Bonchev–Trinajstić information content (AvgIpc) is 2.86. The second kappa shape index (κ2) is 7.43. The van der Waals surface area contributed by atoms with Crippen LogP contribution in [0.5, 0.6) is 0 Å². The van der Waals surface area contributed by atoms with Crippen LogP contribution >= 0.6 is 0 Å². The maximum atomic E-state index is 5.96. The van der Waals surface area contributed by atoms with E-state index in [4.69, 9.17) is 14.2 Å². The molecule has 0 aromatic carbocycles. The molecule has 1 aliphatic carbocycles. The van der Waals surface area contributed by atoms with E-state index in [1.165, 1.54) is 6.42 Å². The first kappa shape index (κ1) is 14.3. The van der Waals surface area contributed by atoms with Gasteiger partial charge in [-0.05, 0) is 32.2 Å². The minimum Gasteiger partial charge on any atom is -0.376 e. The molecule has 2 aliphatic rings. The highest BCUT2D eigenvalue weighted by Gasteiger charge is 2.42. The predicted molar refractivity (Wildman–Crippen MR) is 70.8 cm³/mol. The first-order valence-corrected chi connectivity index (χ1v) is 7.43. The number of likely N-dealkylation sites (N-methyl/N-ethyl adjacent to an activating group) is 1. The fourth-order valence-corrected chi connectivity index (χ4v) is 2.69. The van der Waals surface area contributed by atoms with Crippen LogP contribution < -0.4 is 5.32 Å². The van der Waals surface area contributed by atoms with E-state index >= 15 is 0 Å². The van der Waals surface area contributed by atoms with Gasteiger partial charge in [-0.3, -0.25) is 0 Å². The van der Waals surface area contributed by atoms with Crippen LogP contribution in [-0.2, 0) is 14.2 Å². The van der Waals surface area contributed by atoms with Crippen LogP contribution in [0.1, 0.15) is 39.5 Å². The topological polar surface area (TPSA) is 39.7 Å². The Labute approximate surface area is 110 Å². The molecule has 0 bridgehead atoms. The van der Waals surface area contributed by atoms with Crippen LogP contribution in [0.3, 0.4) is 0 Å². The lowest BCUT2D eigenvalue weighted by molar-refractivity contribution is -0.158. The van der Waals surface area contributed by atoms with Gasteiger partial charge in [0.25, 0.3) is 0 Å². The average molecular weight is 257 g/mol. The second-order valence-corrected chi connectivity index (χ2v) is 5.24. The summed E-state index contributed by atoms with van der Waals surface area (Å²) in [5.74, 6) is 0. The first-order valence-electron chi connectivity index (χ1n) is 7.43. The summed E-state index contributed by atoms with van der Waals surface area (Å²) in [4.78, 5) is 0. The maximum Gasteiger partial charge on any atom is 0.0990 e. The Hall–Kier alpha value is -0.160. The quantitative estimate of drug-likeness (QED) is 0.719. The van der Waals surface area contributed by atoms with Crippen molar-refractivity contribution in [2.75, 3.05) is 26.4 Å². The van der Waals surface area contributed by atoms with Crippen LogP contribution in [0.4, 0.5) is 0 Å². The fraction of sp³-hybridized carbons (Fsp3) is 1.00. The van der Waals surface area contributed by atoms with E-state index in [1.54, 1.807) is 0 Å². The van der Waals surface area contributed by atoms with Gasteiger partial charge in [0.1, 0.15) is 0 Å². The fourth-order valence-electron chi connectivity index (χ4n) is 2.69. The van der Waals surface area contributed by atoms with E-state index in [9.17, 15) is 0 Å². The van der Waals surface area contributed by atoms with Gasteiger partial charge in [0.2, 0.25) is 0 Å². The van der Waals surface area contributed by atoms with Crippen LogP contribution in [0.2, 0.25) is 0 Å². The van der Waals surface area contributed by atoms with E-state index < -0.39 is 0 Å². The lowest BCUT2D eigenvalue weighted by Crippen LogP contribution is -2.60. The third-order valence-electron chi connectivity index (χ3n) is 3.75. The number of nitrogens with one attached hydrogen (secondary N) is 1. The number of ether oxygens (including phenoxy) is 3. The van der Waals surface area contributed by atoms with Crippen molar-refractivity contribution < 1.29 is 14.2 Å². The predicted octanol–water partition coefficient (Wildman–Crippen LogP) is 1.73. The van der Waals surface area contributed by atoms with Gasteiger partial charge in [0.05, 0.1) is 24.9 Å². The SMILES string of the molecule is CCCOC1C(NCC)CC1OCC1CCCO1. The molecular formula is C14H27NO3. The minimum absolute atomic E-state index is 0.228. The lowest BCUT2D eigenvalue weighted by atomic mass is 9.85. The third-order valence-corrected chi connectivity index (χ3v) is 3.75. The number of hydrogen-bond acceptors (Lipinski definition) is 4. The molecule has 0 aromatic rings. The molecule has 4 unspecified atom stereocenters. The highest BCUT2D eigenvalue weighted by molar-refractivity contribution is 4.97. The summed E-state index contributed by atoms with van der Waals surface area (Å²) >= 11 is 0. The Bertz CT molecular complexity index is 231. The third kappa shape index (κ3) is 3.67. The molecular weight excluding hydrogens is 230 g/mol. The molecule has 106 valence electrons. The normalized spacial score (nSPS) is 35.7. The zero-order valence-electron chi connectivity index (χ0n) is 11.7. The van der Waals surface area contributed by atoms with Crippen molar-refractivity contribution in [1.29, 1.82) is 0 Å². The highest BCUT2D eigenvalue weighted by Crippen LogP contribution is 2.28. The summed E-state index contributed by atoms with van der Waals surface area (Å²) in [6, 6.07) is 0.469. The van der Waals surface area contributed by atoms with Crippen LogP contribution in [0, 0.1) is 0 Å². The summed E-state index contributed by atoms with van der Waals surface area (Å²) in [6.45, 7) is 7.73. The largest absolute Gasteiger partial charge is 0.376 e. The van der Waals surface area contributed by atoms with E-state index in [1.807, 2.05) is 0 Å². The van der Waals surface area contributed by atoms with Crippen molar-refractivity contribution in [1.82, 2.24) is 5.32 Å². The Morgan fingerprint density at radius 1 is 1.28 bits per heavy atom. The van der Waals surface area contributed by atoms with Gasteiger partial charge in [0.15, 0.2) is 0 Å². The molecule has 0 radical (unpaired) electrons. The molecule has 1 saturated heterocycles. The van der Waals surface area contributed by atoms with Gasteiger partial charge in [-0.25, -0.2) is 0 Å². The molecule has 4 nitrogen and oxygen atoms in total. The molecule has 2 rings (SSSR count). The molecule has 4 atom stereocenters. The molecule has 1 N–H and O–H groups in total. The molecule has 1 saturated carbocycles. The van der Waals surface area contributed by atoms with Gasteiger partial charge in [-0.2, -0.15) is 0 Å². The Kier molecular flexibility index (Phi) is 5.89. The molecule has 4 heteroatoms. The summed E-state index contributed by atoms with van der Waals surface area (Å²) in [5.41, 5.74) is 0. The Morgan fingerprint density at radius 2 is 2.17 bits per heavy atom. The molecule has 0 aromatic heterocycles. The molecule has 1 aliphatic heterocycles. The van der Waals surface area contributed by atoms with Crippen molar-refractivity contribution in [3.8, 4) is 0 Å². The van der Waals surface area contributed by atoms with Crippen LogP contribution in [-0.4, -0.2) is 50.7 Å². The van der Waals surface area contributed by atoms with Gasteiger partial charge in [-0.1, -0.05) is 13.8 Å². The van der Waals surface area contributed by atoms with E-state index in [-0.39, 0.29) is 12.2 Å². The van der Waals surface area contributed by atoms with E-state index in [2.05, 4.69) is 19.2 Å². The summed E-state index contributed by atoms with van der Waals surface area (Å²) in [6.07, 6.45) is 5.24. The standard InChI is InChI=1S/C14H27NO3/c1-3-7-17-14-12(15-4-2)9-13(14)18-10-11-6-5-8-16-11/h11-15H,3-10H2,1-2H3. The van der Waals surface area contributed by atoms with Gasteiger partial charge >= 0.3 is 0 Å². The zero-order chi connectivity index (χ0) is 12.8. The number of hydrogen-bond donors (Lipinski definition) is 1. The van der Waals surface area contributed by atoms with Gasteiger partial charge in [-0.15, -0.1) is 0 Å². The molecule has 2 fully saturated rings. The van der Waals surface area contributed by atoms with Crippen LogP contribution in [0.15, 0.2) is 0 Å². The van der Waals surface area contributed by atoms with E-state index in [0.29, 0.717) is 12.1 Å². The molecule has 0 spiro atoms. The molecule has 18 heavy (non-hydrogen) atoms. The Morgan fingerprint density at radius 3 is 2.83 bits per heavy atom. The number of rotatable bonds is 8. The smallest absolute Gasteiger partial charge is 0.0990 e. The summed E-state index contributed by atoms with van der Waals surface area (Å²) in [7, 11) is 0.